The molecule has 2 N–H and O–H groups in total. The lowest BCUT2D eigenvalue weighted by atomic mass is 10.2. The predicted octanol–water partition coefficient (Wildman–Crippen LogP) is 4.63. The molecule has 2 aromatic carbocycles. The van der Waals surface area contributed by atoms with Gasteiger partial charge in [0.05, 0.1) is 0 Å². The van der Waals surface area contributed by atoms with Crippen molar-refractivity contribution in [3.63, 3.8) is 0 Å². The van der Waals surface area contributed by atoms with E-state index in [1.165, 1.54) is 12.1 Å². The topological polar surface area (TPSA) is 44.9 Å². The number of anilines is 1. The fourth-order valence-electron chi connectivity index (χ4n) is 2.15. The second-order valence-electron chi connectivity index (χ2n) is 4.83. The van der Waals surface area contributed by atoms with Gasteiger partial charge < -0.3 is 10.3 Å². The number of rotatable bonds is 2. The number of H-pyrrole nitrogens is 1. The SMILES string of the molecule is Cc1cc(NC(=O)c2cc3cc(F)ccc3[nH]2)ccc1Br. The highest BCUT2D eigenvalue weighted by Crippen LogP contribution is 2.21. The van der Waals surface area contributed by atoms with Crippen molar-refractivity contribution in [3.8, 4) is 0 Å². The van der Waals surface area contributed by atoms with Gasteiger partial charge in [-0.15, -0.1) is 0 Å². The number of amides is 1. The molecule has 5 heteroatoms. The Morgan fingerprint density at radius 1 is 1.19 bits per heavy atom. The minimum atomic E-state index is -0.322. The minimum absolute atomic E-state index is 0.256. The third-order valence-electron chi connectivity index (χ3n) is 3.24. The van der Waals surface area contributed by atoms with Gasteiger partial charge in [-0.05, 0) is 55.0 Å². The Morgan fingerprint density at radius 3 is 2.76 bits per heavy atom. The van der Waals surface area contributed by atoms with Gasteiger partial charge in [-0.2, -0.15) is 0 Å². The van der Waals surface area contributed by atoms with Gasteiger partial charge in [-0.3, -0.25) is 4.79 Å². The number of hydrogen-bond acceptors (Lipinski definition) is 1. The number of benzene rings is 2. The molecule has 1 amide bonds. The normalized spacial score (nSPS) is 10.8. The van der Waals surface area contributed by atoms with Crippen molar-refractivity contribution in [1.82, 2.24) is 4.98 Å². The maximum atomic E-state index is 13.2. The number of hydrogen-bond donors (Lipinski definition) is 2. The lowest BCUT2D eigenvalue weighted by Gasteiger charge is -2.05. The molecule has 3 aromatic rings. The molecule has 1 heterocycles. The van der Waals surface area contributed by atoms with Gasteiger partial charge in [0.2, 0.25) is 0 Å². The summed E-state index contributed by atoms with van der Waals surface area (Å²) in [4.78, 5) is 15.2. The number of aromatic amines is 1. The number of nitrogens with one attached hydrogen (secondary N) is 2. The molecule has 0 unspecified atom stereocenters. The summed E-state index contributed by atoms with van der Waals surface area (Å²) in [6.45, 7) is 1.95. The van der Waals surface area contributed by atoms with Crippen LogP contribution in [0.2, 0.25) is 0 Å². The van der Waals surface area contributed by atoms with Crippen molar-refractivity contribution >= 4 is 38.4 Å². The fourth-order valence-corrected chi connectivity index (χ4v) is 2.39. The number of carbonyl (C=O) groups is 1. The third-order valence-corrected chi connectivity index (χ3v) is 4.13. The lowest BCUT2D eigenvalue weighted by Crippen LogP contribution is -2.12. The summed E-state index contributed by atoms with van der Waals surface area (Å²) < 4.78 is 14.1. The second kappa shape index (κ2) is 5.33. The van der Waals surface area contributed by atoms with E-state index in [0.717, 1.165) is 15.6 Å². The minimum Gasteiger partial charge on any atom is -0.351 e. The second-order valence-corrected chi connectivity index (χ2v) is 5.69. The highest BCUT2D eigenvalue weighted by atomic mass is 79.9. The van der Waals surface area contributed by atoms with E-state index < -0.39 is 0 Å². The summed E-state index contributed by atoms with van der Waals surface area (Å²) in [6.07, 6.45) is 0. The summed E-state index contributed by atoms with van der Waals surface area (Å²) in [6, 6.07) is 11.6. The molecule has 0 aliphatic rings. The van der Waals surface area contributed by atoms with E-state index in [1.54, 1.807) is 12.1 Å². The van der Waals surface area contributed by atoms with Crippen LogP contribution >= 0.6 is 15.9 Å². The average Bonchev–Trinajstić information content (AvgIpc) is 2.86. The van der Waals surface area contributed by atoms with E-state index in [2.05, 4.69) is 26.2 Å². The molecule has 0 atom stereocenters. The quantitative estimate of drug-likeness (QED) is 0.698. The molecule has 3 rings (SSSR count). The predicted molar refractivity (Wildman–Crippen MR) is 85.1 cm³/mol. The van der Waals surface area contributed by atoms with Crippen molar-refractivity contribution in [2.45, 2.75) is 6.92 Å². The molecule has 0 radical (unpaired) electrons. The van der Waals surface area contributed by atoms with Crippen LogP contribution in [-0.4, -0.2) is 10.9 Å². The van der Waals surface area contributed by atoms with Crippen LogP contribution in [0.15, 0.2) is 46.9 Å². The Bertz CT molecular complexity index is 841. The number of fused-ring (bicyclic) bond motifs is 1. The molecule has 1 aromatic heterocycles. The zero-order valence-corrected chi connectivity index (χ0v) is 12.8. The molecule has 0 spiro atoms. The smallest absolute Gasteiger partial charge is 0.272 e. The summed E-state index contributed by atoms with van der Waals surface area (Å²) in [7, 11) is 0. The highest BCUT2D eigenvalue weighted by molar-refractivity contribution is 9.10. The number of carbonyl (C=O) groups excluding carboxylic acids is 1. The van der Waals surface area contributed by atoms with Gasteiger partial charge in [0, 0.05) is 21.1 Å². The summed E-state index contributed by atoms with van der Waals surface area (Å²) in [5.74, 6) is -0.578. The maximum absolute atomic E-state index is 13.2. The molecular formula is C16H12BrFN2O. The Labute approximate surface area is 129 Å². The Kier molecular flexibility index (Phi) is 3.51. The van der Waals surface area contributed by atoms with Crippen LogP contribution < -0.4 is 5.32 Å². The first kappa shape index (κ1) is 13.8. The molecule has 0 fully saturated rings. The van der Waals surface area contributed by atoms with Gasteiger partial charge in [0.15, 0.2) is 0 Å². The van der Waals surface area contributed by atoms with Gasteiger partial charge in [-0.25, -0.2) is 4.39 Å². The van der Waals surface area contributed by atoms with Gasteiger partial charge >= 0.3 is 0 Å². The van der Waals surface area contributed by atoms with Gasteiger partial charge in [0.25, 0.3) is 5.91 Å². The highest BCUT2D eigenvalue weighted by Gasteiger charge is 2.10. The van der Waals surface area contributed by atoms with E-state index in [-0.39, 0.29) is 11.7 Å². The first-order valence-corrected chi connectivity index (χ1v) is 7.18. The Morgan fingerprint density at radius 2 is 2.00 bits per heavy atom. The van der Waals surface area contributed by atoms with Crippen LogP contribution in [0.25, 0.3) is 10.9 Å². The molecule has 0 aliphatic carbocycles. The Balaban J connectivity index is 1.87. The van der Waals surface area contributed by atoms with Crippen LogP contribution in [0.3, 0.4) is 0 Å². The van der Waals surface area contributed by atoms with Crippen molar-refractivity contribution < 1.29 is 9.18 Å². The lowest BCUT2D eigenvalue weighted by molar-refractivity contribution is 0.102. The van der Waals surface area contributed by atoms with Crippen LogP contribution in [0, 0.1) is 12.7 Å². The standard InChI is InChI=1S/C16H12BrFN2O/c1-9-6-12(3-4-13(9)17)19-16(21)15-8-10-7-11(18)2-5-14(10)20-15/h2-8,20H,1H3,(H,19,21). The third kappa shape index (κ3) is 2.83. The van der Waals surface area contributed by atoms with Gasteiger partial charge in [-0.1, -0.05) is 15.9 Å². The van der Waals surface area contributed by atoms with Crippen LogP contribution in [0.1, 0.15) is 16.1 Å². The van der Waals surface area contributed by atoms with Crippen LogP contribution in [-0.2, 0) is 0 Å². The van der Waals surface area contributed by atoms with Crippen molar-refractivity contribution in [2.24, 2.45) is 0 Å². The molecule has 21 heavy (non-hydrogen) atoms. The zero-order valence-electron chi connectivity index (χ0n) is 11.2. The maximum Gasteiger partial charge on any atom is 0.272 e. The monoisotopic (exact) mass is 346 g/mol. The van der Waals surface area contributed by atoms with E-state index in [9.17, 15) is 9.18 Å². The number of aromatic nitrogens is 1. The van der Waals surface area contributed by atoms with E-state index >= 15 is 0 Å². The zero-order chi connectivity index (χ0) is 15.0. The molecular weight excluding hydrogens is 335 g/mol. The first-order chi connectivity index (χ1) is 10.0. The molecule has 3 nitrogen and oxygen atoms in total. The van der Waals surface area contributed by atoms with E-state index in [4.69, 9.17) is 0 Å². The van der Waals surface area contributed by atoms with Crippen LogP contribution in [0.4, 0.5) is 10.1 Å². The van der Waals surface area contributed by atoms with E-state index in [1.807, 2.05) is 25.1 Å². The summed E-state index contributed by atoms with van der Waals surface area (Å²) >= 11 is 3.42. The molecule has 0 bridgehead atoms. The number of aryl methyl sites for hydroxylation is 1. The summed E-state index contributed by atoms with van der Waals surface area (Å²) in [5.41, 5.74) is 2.88. The Hall–Kier alpha value is -2.14. The first-order valence-electron chi connectivity index (χ1n) is 6.39. The van der Waals surface area contributed by atoms with Crippen LogP contribution in [0.5, 0.6) is 0 Å². The van der Waals surface area contributed by atoms with Gasteiger partial charge in [0.1, 0.15) is 11.5 Å². The molecule has 0 saturated heterocycles. The van der Waals surface area contributed by atoms with Crippen molar-refractivity contribution in [2.75, 3.05) is 5.32 Å². The fraction of sp³-hybridized carbons (Fsp3) is 0.0625. The average molecular weight is 347 g/mol. The summed E-state index contributed by atoms with van der Waals surface area (Å²) in [5, 5.41) is 3.49. The molecule has 0 saturated carbocycles. The van der Waals surface area contributed by atoms with E-state index in [0.29, 0.717) is 16.8 Å². The molecule has 0 aliphatic heterocycles. The largest absolute Gasteiger partial charge is 0.351 e. The van der Waals surface area contributed by atoms with Crippen molar-refractivity contribution in [1.29, 1.82) is 0 Å². The van der Waals surface area contributed by atoms with Crippen molar-refractivity contribution in [3.05, 3.63) is 64.0 Å². The molecule has 106 valence electrons. The number of halogens is 2.